The molecule has 0 atom stereocenters. The molecular formula is C16H20N2OS2. The van der Waals surface area contributed by atoms with Crippen molar-refractivity contribution in [2.75, 3.05) is 0 Å². The molecule has 21 heavy (non-hydrogen) atoms. The molecule has 1 aromatic rings. The van der Waals surface area contributed by atoms with Crippen LogP contribution < -0.4 is 5.32 Å². The van der Waals surface area contributed by atoms with Gasteiger partial charge in [-0.05, 0) is 49.7 Å². The number of nitrogens with zero attached hydrogens (tertiary/aromatic N) is 1. The third kappa shape index (κ3) is 3.04. The highest BCUT2D eigenvalue weighted by Gasteiger charge is 2.36. The molecule has 2 fully saturated rings. The van der Waals surface area contributed by atoms with Crippen molar-refractivity contribution >= 4 is 40.7 Å². The molecule has 3 rings (SSSR count). The van der Waals surface area contributed by atoms with Crippen LogP contribution in [0.5, 0.6) is 0 Å². The van der Waals surface area contributed by atoms with Gasteiger partial charge in [-0.3, -0.25) is 9.69 Å². The zero-order chi connectivity index (χ0) is 14.8. The van der Waals surface area contributed by atoms with Crippen molar-refractivity contribution < 1.29 is 4.79 Å². The third-order valence-electron chi connectivity index (χ3n) is 4.17. The van der Waals surface area contributed by atoms with Crippen LogP contribution in [0.25, 0.3) is 6.08 Å². The number of nitrogens with one attached hydrogen (secondary N) is 1. The molecule has 1 aromatic heterocycles. The van der Waals surface area contributed by atoms with Crippen molar-refractivity contribution in [3.63, 3.8) is 0 Å². The van der Waals surface area contributed by atoms with Crippen LogP contribution in [-0.2, 0) is 11.2 Å². The molecule has 5 heteroatoms. The Hall–Kier alpha value is -1.20. The molecule has 0 spiro atoms. The highest BCUT2D eigenvalue weighted by atomic mass is 32.1. The molecule has 0 bridgehead atoms. The van der Waals surface area contributed by atoms with Gasteiger partial charge in [-0.1, -0.05) is 26.2 Å². The summed E-state index contributed by atoms with van der Waals surface area (Å²) in [6.45, 7) is 2.14. The average molecular weight is 320 g/mol. The van der Waals surface area contributed by atoms with E-state index < -0.39 is 0 Å². The Morgan fingerprint density at radius 2 is 2.14 bits per heavy atom. The molecule has 1 aliphatic carbocycles. The van der Waals surface area contributed by atoms with Crippen molar-refractivity contribution in [1.29, 1.82) is 0 Å². The van der Waals surface area contributed by atoms with Gasteiger partial charge >= 0.3 is 0 Å². The van der Waals surface area contributed by atoms with Crippen molar-refractivity contribution in [2.45, 2.75) is 51.5 Å². The maximum Gasteiger partial charge on any atom is 0.276 e. The first-order valence-electron chi connectivity index (χ1n) is 7.64. The maximum absolute atomic E-state index is 12.6. The number of rotatable bonds is 3. The van der Waals surface area contributed by atoms with Crippen molar-refractivity contribution in [1.82, 2.24) is 10.2 Å². The number of hydrogen-bond acceptors (Lipinski definition) is 3. The molecule has 0 aromatic carbocycles. The number of hydrogen-bond donors (Lipinski definition) is 1. The molecule has 1 N–H and O–H groups in total. The highest BCUT2D eigenvalue weighted by Crippen LogP contribution is 2.27. The zero-order valence-electron chi connectivity index (χ0n) is 12.2. The zero-order valence-corrected chi connectivity index (χ0v) is 13.9. The first kappa shape index (κ1) is 14.7. The fraction of sp³-hybridized carbons (Fsp3) is 0.500. The van der Waals surface area contributed by atoms with Crippen LogP contribution in [0.15, 0.2) is 17.8 Å². The van der Waals surface area contributed by atoms with E-state index in [0.717, 1.165) is 24.1 Å². The first-order valence-corrected chi connectivity index (χ1v) is 8.86. The number of aryl methyl sites for hydroxylation is 1. The second-order valence-electron chi connectivity index (χ2n) is 5.61. The van der Waals surface area contributed by atoms with Crippen LogP contribution in [0, 0.1) is 0 Å². The molecule has 1 aliphatic heterocycles. The van der Waals surface area contributed by atoms with E-state index >= 15 is 0 Å². The number of carbonyl (C=O) groups is 1. The van der Waals surface area contributed by atoms with E-state index in [2.05, 4.69) is 24.4 Å². The summed E-state index contributed by atoms with van der Waals surface area (Å²) in [5.74, 6) is 0.0401. The van der Waals surface area contributed by atoms with Crippen molar-refractivity contribution in [3.8, 4) is 0 Å². The topological polar surface area (TPSA) is 32.3 Å². The molecule has 0 radical (unpaired) electrons. The SMILES string of the molecule is CCc1ccc(/C=C2/NC(=S)N(C3CCCCC3)C2=O)s1. The number of amides is 1. The van der Waals surface area contributed by atoms with Gasteiger partial charge in [0.15, 0.2) is 5.11 Å². The smallest absolute Gasteiger partial charge is 0.276 e. The Bertz CT molecular complexity index is 585. The lowest BCUT2D eigenvalue weighted by Crippen LogP contribution is -2.41. The van der Waals surface area contributed by atoms with E-state index in [0.29, 0.717) is 10.8 Å². The predicted molar refractivity (Wildman–Crippen MR) is 91.1 cm³/mol. The van der Waals surface area contributed by atoms with Crippen LogP contribution in [0.3, 0.4) is 0 Å². The van der Waals surface area contributed by atoms with Crippen LogP contribution in [0.2, 0.25) is 0 Å². The van der Waals surface area contributed by atoms with Gasteiger partial charge < -0.3 is 5.32 Å². The second-order valence-corrected chi connectivity index (χ2v) is 7.20. The van der Waals surface area contributed by atoms with Crippen LogP contribution in [0.1, 0.15) is 48.8 Å². The third-order valence-corrected chi connectivity index (χ3v) is 5.64. The Morgan fingerprint density at radius 1 is 1.38 bits per heavy atom. The molecule has 3 nitrogen and oxygen atoms in total. The lowest BCUT2D eigenvalue weighted by Gasteiger charge is -2.29. The Labute approximate surface area is 135 Å². The normalized spacial score (nSPS) is 22.1. The van der Waals surface area contributed by atoms with Crippen LogP contribution in [0.4, 0.5) is 0 Å². The lowest BCUT2D eigenvalue weighted by molar-refractivity contribution is -0.124. The van der Waals surface area contributed by atoms with Gasteiger partial charge in [0.05, 0.1) is 0 Å². The fourth-order valence-corrected chi connectivity index (χ4v) is 4.26. The van der Waals surface area contributed by atoms with Crippen molar-refractivity contribution in [2.24, 2.45) is 0 Å². The quantitative estimate of drug-likeness (QED) is 0.681. The monoisotopic (exact) mass is 320 g/mol. The van der Waals surface area contributed by atoms with Gasteiger partial charge in [0.2, 0.25) is 0 Å². The highest BCUT2D eigenvalue weighted by molar-refractivity contribution is 7.80. The van der Waals surface area contributed by atoms with E-state index in [1.807, 2.05) is 6.08 Å². The predicted octanol–water partition coefficient (Wildman–Crippen LogP) is 3.70. The molecule has 0 unspecified atom stereocenters. The summed E-state index contributed by atoms with van der Waals surface area (Å²) in [6, 6.07) is 4.47. The van der Waals surface area contributed by atoms with Gasteiger partial charge in [-0.15, -0.1) is 11.3 Å². The van der Waals surface area contributed by atoms with Gasteiger partial charge in [0.1, 0.15) is 5.70 Å². The van der Waals surface area contributed by atoms with Gasteiger partial charge in [0.25, 0.3) is 5.91 Å². The molecule has 2 aliphatic rings. The number of thiophene rings is 1. The van der Waals surface area contributed by atoms with Gasteiger partial charge in [0, 0.05) is 15.8 Å². The summed E-state index contributed by atoms with van der Waals surface area (Å²) in [6.07, 6.45) is 8.76. The lowest BCUT2D eigenvalue weighted by atomic mass is 9.94. The minimum atomic E-state index is 0.0401. The summed E-state index contributed by atoms with van der Waals surface area (Å²) in [7, 11) is 0. The molecular weight excluding hydrogens is 300 g/mol. The van der Waals surface area contributed by atoms with Crippen LogP contribution in [-0.4, -0.2) is 22.0 Å². The summed E-state index contributed by atoms with van der Waals surface area (Å²) >= 11 is 7.11. The van der Waals surface area contributed by atoms with E-state index in [4.69, 9.17) is 12.2 Å². The van der Waals surface area contributed by atoms with Gasteiger partial charge in [-0.25, -0.2) is 0 Å². The fourth-order valence-electron chi connectivity index (χ4n) is 3.02. The van der Waals surface area contributed by atoms with E-state index in [1.54, 1.807) is 16.2 Å². The molecule has 1 saturated heterocycles. The molecule has 2 heterocycles. The first-order chi connectivity index (χ1) is 10.2. The minimum Gasteiger partial charge on any atom is -0.328 e. The molecule has 1 amide bonds. The Morgan fingerprint density at radius 3 is 2.81 bits per heavy atom. The minimum absolute atomic E-state index is 0.0401. The van der Waals surface area contributed by atoms with E-state index in [1.165, 1.54) is 24.1 Å². The molecule has 1 saturated carbocycles. The maximum atomic E-state index is 12.6. The van der Waals surface area contributed by atoms with Crippen LogP contribution >= 0.6 is 23.6 Å². The Balaban J connectivity index is 1.79. The second kappa shape index (κ2) is 6.28. The largest absolute Gasteiger partial charge is 0.328 e. The average Bonchev–Trinajstić information content (AvgIpc) is 3.05. The molecule has 112 valence electrons. The number of carbonyl (C=O) groups excluding carboxylic acids is 1. The summed E-state index contributed by atoms with van der Waals surface area (Å²) in [5.41, 5.74) is 0.620. The standard InChI is InChI=1S/C16H20N2OS2/c1-2-12-8-9-13(21-12)10-14-15(19)18(16(20)17-14)11-6-4-3-5-7-11/h8-11H,2-7H2,1H3,(H,17,20)/b14-10+. The van der Waals surface area contributed by atoms with E-state index in [9.17, 15) is 4.79 Å². The number of thiocarbonyl (C=S) groups is 1. The summed E-state index contributed by atoms with van der Waals surface area (Å²) in [4.78, 5) is 16.8. The van der Waals surface area contributed by atoms with E-state index in [-0.39, 0.29) is 11.9 Å². The summed E-state index contributed by atoms with van der Waals surface area (Å²) in [5, 5.41) is 3.68. The van der Waals surface area contributed by atoms with Gasteiger partial charge in [-0.2, -0.15) is 0 Å². The Kier molecular flexibility index (Phi) is 4.40. The van der Waals surface area contributed by atoms with Crippen molar-refractivity contribution in [3.05, 3.63) is 27.6 Å². The summed E-state index contributed by atoms with van der Waals surface area (Å²) < 4.78 is 0.